The zero-order chi connectivity index (χ0) is 11.4. The number of hydrogen-bond acceptors (Lipinski definition) is 1. The summed E-state index contributed by atoms with van der Waals surface area (Å²) in [4.78, 5) is 3.07. The highest BCUT2D eigenvalue weighted by molar-refractivity contribution is 5.57. The summed E-state index contributed by atoms with van der Waals surface area (Å²) in [6.07, 6.45) is 5.05. The second-order valence-corrected chi connectivity index (χ2v) is 4.04. The Morgan fingerprint density at radius 1 is 1.25 bits per heavy atom. The average molecular weight is 214 g/mol. The molecule has 1 heterocycles. The van der Waals surface area contributed by atoms with Crippen molar-refractivity contribution in [2.75, 3.05) is 5.32 Å². The van der Waals surface area contributed by atoms with Gasteiger partial charge in [0, 0.05) is 24.6 Å². The first-order valence-corrected chi connectivity index (χ1v) is 5.75. The van der Waals surface area contributed by atoms with Gasteiger partial charge < -0.3 is 10.3 Å². The Morgan fingerprint density at radius 2 is 2.12 bits per heavy atom. The van der Waals surface area contributed by atoms with Gasteiger partial charge >= 0.3 is 0 Å². The number of H-pyrrole nitrogens is 1. The third-order valence-corrected chi connectivity index (χ3v) is 2.87. The molecule has 2 aromatic rings. The molecule has 2 heteroatoms. The standard InChI is InChI=1S/C14H18N2/c1-3-13-6-4-5-11(2)14(13)16-10-12-7-8-15-9-12/h4-9,15-16H,3,10H2,1-2H3. The largest absolute Gasteiger partial charge is 0.380 e. The van der Waals surface area contributed by atoms with Crippen molar-refractivity contribution in [1.82, 2.24) is 4.98 Å². The zero-order valence-corrected chi connectivity index (χ0v) is 9.88. The highest BCUT2D eigenvalue weighted by atomic mass is 14.9. The lowest BCUT2D eigenvalue weighted by Gasteiger charge is -2.13. The van der Waals surface area contributed by atoms with Crippen LogP contribution in [0.15, 0.2) is 36.7 Å². The second kappa shape index (κ2) is 4.88. The van der Waals surface area contributed by atoms with Gasteiger partial charge in [0.2, 0.25) is 0 Å². The number of para-hydroxylation sites is 1. The van der Waals surface area contributed by atoms with Gasteiger partial charge in [0.25, 0.3) is 0 Å². The van der Waals surface area contributed by atoms with Gasteiger partial charge in [-0.15, -0.1) is 0 Å². The maximum Gasteiger partial charge on any atom is 0.0415 e. The normalized spacial score (nSPS) is 10.4. The smallest absolute Gasteiger partial charge is 0.0415 e. The Kier molecular flexibility index (Phi) is 3.30. The van der Waals surface area contributed by atoms with E-state index < -0.39 is 0 Å². The molecule has 1 aromatic heterocycles. The third kappa shape index (κ3) is 2.27. The SMILES string of the molecule is CCc1cccc(C)c1NCc1cc[nH]c1. The Labute approximate surface area is 96.7 Å². The Hall–Kier alpha value is -1.70. The second-order valence-electron chi connectivity index (χ2n) is 4.04. The van der Waals surface area contributed by atoms with E-state index in [0.717, 1.165) is 13.0 Å². The van der Waals surface area contributed by atoms with Crippen LogP contribution < -0.4 is 5.32 Å². The number of anilines is 1. The number of aryl methyl sites for hydroxylation is 2. The van der Waals surface area contributed by atoms with E-state index >= 15 is 0 Å². The summed E-state index contributed by atoms with van der Waals surface area (Å²) in [5.41, 5.74) is 5.27. The fourth-order valence-electron chi connectivity index (χ4n) is 1.93. The van der Waals surface area contributed by atoms with Crippen molar-refractivity contribution < 1.29 is 0 Å². The van der Waals surface area contributed by atoms with Crippen LogP contribution in [0.5, 0.6) is 0 Å². The van der Waals surface area contributed by atoms with Crippen LogP contribution in [0, 0.1) is 6.92 Å². The molecule has 0 amide bonds. The molecule has 84 valence electrons. The lowest BCUT2D eigenvalue weighted by atomic mass is 10.1. The topological polar surface area (TPSA) is 27.8 Å². The summed E-state index contributed by atoms with van der Waals surface area (Å²) < 4.78 is 0. The fourth-order valence-corrected chi connectivity index (χ4v) is 1.93. The molecule has 2 N–H and O–H groups in total. The number of aromatic nitrogens is 1. The Bertz CT molecular complexity index is 444. The Morgan fingerprint density at radius 3 is 2.81 bits per heavy atom. The minimum Gasteiger partial charge on any atom is -0.380 e. The maximum absolute atomic E-state index is 3.51. The van der Waals surface area contributed by atoms with Crippen LogP contribution in [0.2, 0.25) is 0 Å². The molecule has 0 aliphatic heterocycles. The lowest BCUT2D eigenvalue weighted by Crippen LogP contribution is -2.03. The van der Waals surface area contributed by atoms with Gasteiger partial charge in [0.05, 0.1) is 0 Å². The van der Waals surface area contributed by atoms with E-state index in [1.807, 2.05) is 12.4 Å². The predicted molar refractivity (Wildman–Crippen MR) is 68.7 cm³/mol. The number of rotatable bonds is 4. The summed E-state index contributed by atoms with van der Waals surface area (Å²) >= 11 is 0. The molecule has 1 aromatic carbocycles. The molecule has 0 spiro atoms. The van der Waals surface area contributed by atoms with E-state index in [2.05, 4.69) is 48.4 Å². The predicted octanol–water partition coefficient (Wildman–Crippen LogP) is 3.50. The van der Waals surface area contributed by atoms with Crippen molar-refractivity contribution in [2.45, 2.75) is 26.8 Å². The molecular formula is C14H18N2. The van der Waals surface area contributed by atoms with Crippen LogP contribution in [-0.2, 0) is 13.0 Å². The summed E-state index contributed by atoms with van der Waals surface area (Å²) in [5.74, 6) is 0. The Balaban J connectivity index is 2.14. The highest BCUT2D eigenvalue weighted by Gasteiger charge is 2.03. The molecule has 0 saturated heterocycles. The van der Waals surface area contributed by atoms with Crippen molar-refractivity contribution in [3.8, 4) is 0 Å². The van der Waals surface area contributed by atoms with Crippen LogP contribution in [0.3, 0.4) is 0 Å². The number of hydrogen-bond donors (Lipinski definition) is 2. The molecule has 0 bridgehead atoms. The van der Waals surface area contributed by atoms with Crippen molar-refractivity contribution in [3.05, 3.63) is 53.3 Å². The van der Waals surface area contributed by atoms with Gasteiger partial charge in [-0.1, -0.05) is 25.1 Å². The first-order chi connectivity index (χ1) is 7.81. The third-order valence-electron chi connectivity index (χ3n) is 2.87. The fraction of sp³-hybridized carbons (Fsp3) is 0.286. The number of benzene rings is 1. The molecule has 0 saturated carbocycles. The van der Waals surface area contributed by atoms with Gasteiger partial charge in [-0.05, 0) is 36.1 Å². The van der Waals surface area contributed by atoms with Crippen LogP contribution in [0.1, 0.15) is 23.6 Å². The van der Waals surface area contributed by atoms with E-state index in [0.29, 0.717) is 0 Å². The summed E-state index contributed by atoms with van der Waals surface area (Å²) in [5, 5.41) is 3.51. The molecule has 0 aliphatic carbocycles. The van der Waals surface area contributed by atoms with Crippen molar-refractivity contribution in [1.29, 1.82) is 0 Å². The van der Waals surface area contributed by atoms with Gasteiger partial charge in [-0.3, -0.25) is 0 Å². The lowest BCUT2D eigenvalue weighted by molar-refractivity contribution is 1.08. The summed E-state index contributed by atoms with van der Waals surface area (Å²) in [6.45, 7) is 5.22. The molecule has 16 heavy (non-hydrogen) atoms. The van der Waals surface area contributed by atoms with E-state index in [9.17, 15) is 0 Å². The van der Waals surface area contributed by atoms with Crippen molar-refractivity contribution >= 4 is 5.69 Å². The molecule has 2 rings (SSSR count). The number of nitrogens with one attached hydrogen (secondary N) is 2. The molecule has 0 radical (unpaired) electrons. The monoisotopic (exact) mass is 214 g/mol. The molecule has 2 nitrogen and oxygen atoms in total. The zero-order valence-electron chi connectivity index (χ0n) is 9.88. The summed E-state index contributed by atoms with van der Waals surface area (Å²) in [6, 6.07) is 8.55. The summed E-state index contributed by atoms with van der Waals surface area (Å²) in [7, 11) is 0. The molecular weight excluding hydrogens is 196 g/mol. The average Bonchev–Trinajstić information content (AvgIpc) is 2.80. The highest BCUT2D eigenvalue weighted by Crippen LogP contribution is 2.21. The van der Waals surface area contributed by atoms with Crippen LogP contribution in [0.25, 0.3) is 0 Å². The van der Waals surface area contributed by atoms with Gasteiger partial charge in [-0.25, -0.2) is 0 Å². The minimum absolute atomic E-state index is 0.876. The van der Waals surface area contributed by atoms with Gasteiger partial charge in [0.1, 0.15) is 0 Å². The van der Waals surface area contributed by atoms with Crippen molar-refractivity contribution in [2.24, 2.45) is 0 Å². The van der Waals surface area contributed by atoms with E-state index in [1.54, 1.807) is 0 Å². The maximum atomic E-state index is 3.51. The molecule has 0 fully saturated rings. The first kappa shape index (κ1) is 10.8. The molecule has 0 aliphatic rings. The van der Waals surface area contributed by atoms with E-state index in [-0.39, 0.29) is 0 Å². The van der Waals surface area contributed by atoms with E-state index in [1.165, 1.54) is 22.4 Å². The van der Waals surface area contributed by atoms with Crippen LogP contribution >= 0.6 is 0 Å². The first-order valence-electron chi connectivity index (χ1n) is 5.75. The molecule has 0 atom stereocenters. The van der Waals surface area contributed by atoms with Crippen molar-refractivity contribution in [3.63, 3.8) is 0 Å². The quantitative estimate of drug-likeness (QED) is 0.801. The number of aromatic amines is 1. The van der Waals surface area contributed by atoms with Gasteiger partial charge in [0.15, 0.2) is 0 Å². The van der Waals surface area contributed by atoms with E-state index in [4.69, 9.17) is 0 Å². The van der Waals surface area contributed by atoms with Crippen LogP contribution in [-0.4, -0.2) is 4.98 Å². The minimum atomic E-state index is 0.876. The molecule has 0 unspecified atom stereocenters. The van der Waals surface area contributed by atoms with Crippen LogP contribution in [0.4, 0.5) is 5.69 Å². The van der Waals surface area contributed by atoms with Gasteiger partial charge in [-0.2, -0.15) is 0 Å².